The molecule has 0 spiro atoms. The lowest BCUT2D eigenvalue weighted by Crippen LogP contribution is -2.41. The van der Waals surface area contributed by atoms with Gasteiger partial charge in [-0.2, -0.15) is 0 Å². The SMILES string of the molecule is CC(=O)Nc1ccc(OCC(C)N2CC[C@H]3CCC[C@H]32)cc1. The van der Waals surface area contributed by atoms with E-state index in [2.05, 4.69) is 17.1 Å². The van der Waals surface area contributed by atoms with E-state index >= 15 is 0 Å². The summed E-state index contributed by atoms with van der Waals surface area (Å²) in [6.07, 6.45) is 5.53. The highest BCUT2D eigenvalue weighted by Crippen LogP contribution is 2.38. The molecule has 1 aromatic rings. The summed E-state index contributed by atoms with van der Waals surface area (Å²) in [6.45, 7) is 5.73. The smallest absolute Gasteiger partial charge is 0.221 e. The maximum absolute atomic E-state index is 11.0. The van der Waals surface area contributed by atoms with Crippen molar-refractivity contribution in [2.75, 3.05) is 18.5 Å². The molecule has 3 rings (SSSR count). The van der Waals surface area contributed by atoms with Gasteiger partial charge in [0.1, 0.15) is 12.4 Å². The van der Waals surface area contributed by atoms with Crippen LogP contribution in [0.5, 0.6) is 5.75 Å². The van der Waals surface area contributed by atoms with Crippen molar-refractivity contribution in [1.29, 1.82) is 0 Å². The molecular weight excluding hydrogens is 276 g/mol. The molecular formula is C18H26N2O2. The van der Waals surface area contributed by atoms with Crippen LogP contribution in [0.3, 0.4) is 0 Å². The number of hydrogen-bond acceptors (Lipinski definition) is 3. The van der Waals surface area contributed by atoms with Crippen molar-refractivity contribution in [3.63, 3.8) is 0 Å². The molecule has 22 heavy (non-hydrogen) atoms. The number of fused-ring (bicyclic) bond motifs is 1. The summed E-state index contributed by atoms with van der Waals surface area (Å²) < 4.78 is 5.93. The van der Waals surface area contributed by atoms with Crippen LogP contribution < -0.4 is 10.1 Å². The van der Waals surface area contributed by atoms with Crippen molar-refractivity contribution in [1.82, 2.24) is 4.90 Å². The summed E-state index contributed by atoms with van der Waals surface area (Å²) in [5, 5.41) is 2.76. The molecule has 1 saturated heterocycles. The molecule has 1 N–H and O–H groups in total. The lowest BCUT2D eigenvalue weighted by atomic mass is 10.0. The number of nitrogens with zero attached hydrogens (tertiary/aromatic N) is 1. The van der Waals surface area contributed by atoms with Crippen LogP contribution in [0, 0.1) is 5.92 Å². The molecule has 0 bridgehead atoms. The zero-order valence-electron chi connectivity index (χ0n) is 13.5. The molecule has 2 fully saturated rings. The predicted octanol–water partition coefficient (Wildman–Crippen LogP) is 3.29. The first-order chi connectivity index (χ1) is 10.6. The molecule has 1 aromatic carbocycles. The van der Waals surface area contributed by atoms with E-state index in [1.54, 1.807) is 0 Å². The zero-order valence-corrected chi connectivity index (χ0v) is 13.5. The molecule has 4 heteroatoms. The summed E-state index contributed by atoms with van der Waals surface area (Å²) in [5.41, 5.74) is 0.807. The molecule has 1 amide bonds. The largest absolute Gasteiger partial charge is 0.492 e. The highest BCUT2D eigenvalue weighted by Gasteiger charge is 2.39. The van der Waals surface area contributed by atoms with Gasteiger partial charge in [-0.05, 0) is 62.9 Å². The summed E-state index contributed by atoms with van der Waals surface area (Å²) in [5.74, 6) is 1.74. The van der Waals surface area contributed by atoms with E-state index in [0.29, 0.717) is 6.04 Å². The summed E-state index contributed by atoms with van der Waals surface area (Å²) in [6, 6.07) is 8.85. The Balaban J connectivity index is 1.50. The van der Waals surface area contributed by atoms with E-state index in [4.69, 9.17) is 4.74 Å². The van der Waals surface area contributed by atoms with Gasteiger partial charge in [0, 0.05) is 24.7 Å². The number of amides is 1. The molecule has 0 radical (unpaired) electrons. The quantitative estimate of drug-likeness (QED) is 0.907. The Bertz CT molecular complexity index is 514. The Morgan fingerprint density at radius 1 is 1.32 bits per heavy atom. The Labute approximate surface area is 132 Å². The average molecular weight is 302 g/mol. The van der Waals surface area contributed by atoms with Gasteiger partial charge in [-0.25, -0.2) is 0 Å². The van der Waals surface area contributed by atoms with E-state index in [1.807, 2.05) is 24.3 Å². The van der Waals surface area contributed by atoms with Gasteiger partial charge in [-0.15, -0.1) is 0 Å². The standard InChI is InChI=1S/C18H26N2O2/c1-13(20-11-10-15-4-3-5-18(15)20)12-22-17-8-6-16(7-9-17)19-14(2)21/h6-9,13,15,18H,3-5,10-12H2,1-2H3,(H,19,21)/t13?,15-,18-/m1/s1. The molecule has 4 nitrogen and oxygen atoms in total. The lowest BCUT2D eigenvalue weighted by Gasteiger charge is -2.30. The Morgan fingerprint density at radius 3 is 2.82 bits per heavy atom. The average Bonchev–Trinajstić information content (AvgIpc) is 3.08. The van der Waals surface area contributed by atoms with Gasteiger partial charge in [-0.1, -0.05) is 6.42 Å². The van der Waals surface area contributed by atoms with Crippen LogP contribution in [-0.4, -0.2) is 36.0 Å². The maximum atomic E-state index is 11.0. The molecule has 3 atom stereocenters. The van der Waals surface area contributed by atoms with Crippen molar-refractivity contribution < 1.29 is 9.53 Å². The topological polar surface area (TPSA) is 41.6 Å². The van der Waals surface area contributed by atoms with Gasteiger partial charge < -0.3 is 10.1 Å². The lowest BCUT2D eigenvalue weighted by molar-refractivity contribution is -0.114. The summed E-state index contributed by atoms with van der Waals surface area (Å²) in [7, 11) is 0. The third-order valence-corrected chi connectivity index (χ3v) is 5.04. The van der Waals surface area contributed by atoms with Crippen molar-refractivity contribution in [2.24, 2.45) is 5.92 Å². The van der Waals surface area contributed by atoms with Gasteiger partial charge in [0.25, 0.3) is 0 Å². The van der Waals surface area contributed by atoms with Crippen LogP contribution in [0.25, 0.3) is 0 Å². The number of ether oxygens (including phenoxy) is 1. The van der Waals surface area contributed by atoms with Crippen molar-refractivity contribution in [3.8, 4) is 5.75 Å². The first-order valence-electron chi connectivity index (χ1n) is 8.39. The molecule has 1 heterocycles. The van der Waals surface area contributed by atoms with Crippen LogP contribution in [0.15, 0.2) is 24.3 Å². The van der Waals surface area contributed by atoms with E-state index in [9.17, 15) is 4.79 Å². The van der Waals surface area contributed by atoms with Gasteiger partial charge in [0.2, 0.25) is 5.91 Å². The Morgan fingerprint density at radius 2 is 2.09 bits per heavy atom. The molecule has 120 valence electrons. The van der Waals surface area contributed by atoms with E-state index < -0.39 is 0 Å². The maximum Gasteiger partial charge on any atom is 0.221 e. The van der Waals surface area contributed by atoms with Gasteiger partial charge in [0.15, 0.2) is 0 Å². The number of benzene rings is 1. The van der Waals surface area contributed by atoms with Gasteiger partial charge in [-0.3, -0.25) is 9.69 Å². The predicted molar refractivity (Wildman–Crippen MR) is 88.2 cm³/mol. The highest BCUT2D eigenvalue weighted by molar-refractivity contribution is 5.88. The van der Waals surface area contributed by atoms with Crippen LogP contribution >= 0.6 is 0 Å². The van der Waals surface area contributed by atoms with Crippen molar-refractivity contribution in [3.05, 3.63) is 24.3 Å². The van der Waals surface area contributed by atoms with Crippen LogP contribution in [-0.2, 0) is 4.79 Å². The molecule has 0 aromatic heterocycles. The fraction of sp³-hybridized carbons (Fsp3) is 0.611. The first kappa shape index (κ1) is 15.3. The summed E-state index contributed by atoms with van der Waals surface area (Å²) in [4.78, 5) is 13.6. The second-order valence-corrected chi connectivity index (χ2v) is 6.65. The molecule has 2 aliphatic rings. The fourth-order valence-electron chi connectivity index (χ4n) is 3.97. The minimum atomic E-state index is -0.0533. The number of nitrogens with one attached hydrogen (secondary N) is 1. The number of carbonyl (C=O) groups is 1. The van der Waals surface area contributed by atoms with Crippen molar-refractivity contribution >= 4 is 11.6 Å². The molecule has 1 unspecified atom stereocenters. The number of anilines is 1. The number of likely N-dealkylation sites (tertiary alicyclic amines) is 1. The van der Waals surface area contributed by atoms with E-state index in [0.717, 1.165) is 30.0 Å². The second kappa shape index (κ2) is 6.69. The third kappa shape index (κ3) is 3.43. The fourth-order valence-corrected chi connectivity index (χ4v) is 3.97. The molecule has 1 aliphatic carbocycles. The first-order valence-corrected chi connectivity index (χ1v) is 8.39. The van der Waals surface area contributed by atoms with E-state index in [1.165, 1.54) is 39.2 Å². The monoisotopic (exact) mass is 302 g/mol. The van der Waals surface area contributed by atoms with Crippen molar-refractivity contribution in [2.45, 2.75) is 51.6 Å². The third-order valence-electron chi connectivity index (χ3n) is 5.04. The van der Waals surface area contributed by atoms with Crippen LogP contribution in [0.1, 0.15) is 39.5 Å². The molecule has 1 aliphatic heterocycles. The second-order valence-electron chi connectivity index (χ2n) is 6.65. The minimum absolute atomic E-state index is 0.0533. The van der Waals surface area contributed by atoms with E-state index in [-0.39, 0.29) is 5.91 Å². The normalized spacial score (nSPS) is 25.7. The van der Waals surface area contributed by atoms with Crippen LogP contribution in [0.2, 0.25) is 0 Å². The van der Waals surface area contributed by atoms with Crippen LogP contribution in [0.4, 0.5) is 5.69 Å². The number of carbonyl (C=O) groups excluding carboxylic acids is 1. The Kier molecular flexibility index (Phi) is 4.67. The zero-order chi connectivity index (χ0) is 15.5. The van der Waals surface area contributed by atoms with Gasteiger partial charge >= 0.3 is 0 Å². The number of rotatable bonds is 5. The highest BCUT2D eigenvalue weighted by atomic mass is 16.5. The Hall–Kier alpha value is -1.55. The minimum Gasteiger partial charge on any atom is -0.492 e. The summed E-state index contributed by atoms with van der Waals surface area (Å²) >= 11 is 0. The number of hydrogen-bond donors (Lipinski definition) is 1. The molecule has 1 saturated carbocycles. The van der Waals surface area contributed by atoms with Gasteiger partial charge in [0.05, 0.1) is 0 Å².